The first-order chi connectivity index (χ1) is 7.20. The van der Waals surface area contributed by atoms with Gasteiger partial charge in [0.2, 0.25) is 5.82 Å². The molecule has 0 aliphatic carbocycles. The lowest BCUT2D eigenvalue weighted by molar-refractivity contribution is 0.0259. The number of phenolic OH excluding ortho intramolecular Hbond substituents is 2. The Balaban J connectivity index is 2.31. The van der Waals surface area contributed by atoms with Gasteiger partial charge in [-0.2, -0.15) is 4.39 Å². The number of phenols is 2. The minimum atomic E-state index is -0.998. The Kier molecular flexibility index (Phi) is 2.75. The normalized spacial score (nSPS) is 21.5. The van der Waals surface area contributed by atoms with Gasteiger partial charge in [0.1, 0.15) is 0 Å². The highest BCUT2D eigenvalue weighted by Gasteiger charge is 2.22. The molecule has 1 aromatic carbocycles. The van der Waals surface area contributed by atoms with E-state index in [0.717, 1.165) is 6.54 Å². The van der Waals surface area contributed by atoms with Crippen molar-refractivity contribution >= 4 is 0 Å². The van der Waals surface area contributed by atoms with E-state index >= 15 is 0 Å². The highest BCUT2D eigenvalue weighted by Crippen LogP contribution is 2.34. The van der Waals surface area contributed by atoms with E-state index in [-0.39, 0.29) is 6.10 Å². The monoisotopic (exact) mass is 213 g/mol. The summed E-state index contributed by atoms with van der Waals surface area (Å²) in [4.78, 5) is 0. The largest absolute Gasteiger partial charge is 0.505 e. The van der Waals surface area contributed by atoms with Crippen LogP contribution >= 0.6 is 0 Å². The summed E-state index contributed by atoms with van der Waals surface area (Å²) in [5.74, 6) is -2.09. The van der Waals surface area contributed by atoms with Gasteiger partial charge in [0.05, 0.1) is 12.7 Å². The van der Waals surface area contributed by atoms with Gasteiger partial charge in [-0.25, -0.2) is 0 Å². The Morgan fingerprint density at radius 2 is 2.20 bits per heavy atom. The first kappa shape index (κ1) is 10.2. The van der Waals surface area contributed by atoms with Crippen LogP contribution in [0.1, 0.15) is 11.7 Å². The van der Waals surface area contributed by atoms with Crippen LogP contribution in [0.25, 0.3) is 0 Å². The van der Waals surface area contributed by atoms with Crippen LogP contribution in [-0.4, -0.2) is 29.9 Å². The molecule has 15 heavy (non-hydrogen) atoms. The van der Waals surface area contributed by atoms with Crippen LogP contribution in [0.3, 0.4) is 0 Å². The van der Waals surface area contributed by atoms with Crippen molar-refractivity contribution in [3.05, 3.63) is 23.5 Å². The van der Waals surface area contributed by atoms with E-state index in [2.05, 4.69) is 5.32 Å². The van der Waals surface area contributed by atoms with Crippen molar-refractivity contribution in [2.24, 2.45) is 0 Å². The molecule has 0 spiro atoms. The molecule has 1 aliphatic rings. The standard InChI is InChI=1S/C10H12FNO3/c11-9-7(13)2-1-6(10(9)14)8-5-12-3-4-15-8/h1-2,8,12-14H,3-5H2. The van der Waals surface area contributed by atoms with Gasteiger partial charge in [0.25, 0.3) is 0 Å². The zero-order valence-corrected chi connectivity index (χ0v) is 8.03. The second-order valence-corrected chi connectivity index (χ2v) is 3.40. The van der Waals surface area contributed by atoms with Crippen molar-refractivity contribution in [3.8, 4) is 11.5 Å². The number of aromatic hydroxyl groups is 2. The molecule has 5 heteroatoms. The SMILES string of the molecule is Oc1ccc(C2CNCCO2)c(O)c1F. The summed E-state index contributed by atoms with van der Waals surface area (Å²) in [5.41, 5.74) is 0.359. The van der Waals surface area contributed by atoms with Crippen molar-refractivity contribution in [1.29, 1.82) is 0 Å². The fourth-order valence-corrected chi connectivity index (χ4v) is 1.59. The van der Waals surface area contributed by atoms with Crippen molar-refractivity contribution in [3.63, 3.8) is 0 Å². The molecule has 0 bridgehead atoms. The third-order valence-corrected chi connectivity index (χ3v) is 2.40. The smallest absolute Gasteiger partial charge is 0.206 e. The molecule has 1 saturated heterocycles. The summed E-state index contributed by atoms with van der Waals surface area (Å²) < 4.78 is 18.5. The molecule has 0 saturated carbocycles. The first-order valence-electron chi connectivity index (χ1n) is 4.73. The van der Waals surface area contributed by atoms with E-state index in [4.69, 9.17) is 9.84 Å². The molecule has 1 atom stereocenters. The van der Waals surface area contributed by atoms with Crippen LogP contribution < -0.4 is 5.32 Å². The van der Waals surface area contributed by atoms with Crippen LogP contribution in [-0.2, 0) is 4.74 Å². The maximum atomic E-state index is 13.2. The van der Waals surface area contributed by atoms with Gasteiger partial charge in [0.15, 0.2) is 11.5 Å². The number of ether oxygens (including phenoxy) is 1. The fourth-order valence-electron chi connectivity index (χ4n) is 1.59. The second kappa shape index (κ2) is 4.04. The Morgan fingerprint density at radius 1 is 1.40 bits per heavy atom. The minimum Gasteiger partial charge on any atom is -0.505 e. The molecule has 1 aliphatic heterocycles. The summed E-state index contributed by atoms with van der Waals surface area (Å²) in [6, 6.07) is 2.67. The Morgan fingerprint density at radius 3 is 2.87 bits per heavy atom. The Bertz CT molecular complexity index is 364. The van der Waals surface area contributed by atoms with Crippen LogP contribution in [0.15, 0.2) is 12.1 Å². The third-order valence-electron chi connectivity index (χ3n) is 2.40. The molecule has 4 nitrogen and oxygen atoms in total. The summed E-state index contributed by atoms with van der Waals surface area (Å²) in [5, 5.41) is 21.6. The lowest BCUT2D eigenvalue weighted by atomic mass is 10.1. The Labute approximate surface area is 86.3 Å². The molecule has 1 aromatic rings. The second-order valence-electron chi connectivity index (χ2n) is 3.40. The molecule has 1 unspecified atom stereocenters. The van der Waals surface area contributed by atoms with Crippen molar-refractivity contribution in [2.45, 2.75) is 6.10 Å². The minimum absolute atomic E-state index is 0.359. The lowest BCUT2D eigenvalue weighted by Gasteiger charge is -2.24. The summed E-state index contributed by atoms with van der Waals surface area (Å²) in [7, 11) is 0. The van der Waals surface area contributed by atoms with Crippen LogP contribution in [0.2, 0.25) is 0 Å². The molecule has 0 radical (unpaired) electrons. The molecular weight excluding hydrogens is 201 g/mol. The van der Waals surface area contributed by atoms with Gasteiger partial charge >= 0.3 is 0 Å². The van der Waals surface area contributed by atoms with Crippen molar-refractivity contribution in [2.75, 3.05) is 19.7 Å². The number of nitrogens with one attached hydrogen (secondary N) is 1. The summed E-state index contributed by atoms with van der Waals surface area (Å²) in [6.07, 6.45) is -0.367. The highest BCUT2D eigenvalue weighted by atomic mass is 19.1. The average Bonchev–Trinajstić information content (AvgIpc) is 2.27. The molecule has 82 valence electrons. The van der Waals surface area contributed by atoms with Crippen LogP contribution in [0.4, 0.5) is 4.39 Å². The van der Waals surface area contributed by atoms with E-state index < -0.39 is 17.3 Å². The van der Waals surface area contributed by atoms with Gasteiger partial charge < -0.3 is 20.3 Å². The number of halogens is 1. The highest BCUT2D eigenvalue weighted by molar-refractivity contribution is 5.42. The lowest BCUT2D eigenvalue weighted by Crippen LogP contribution is -2.33. The third kappa shape index (κ3) is 1.88. The maximum absolute atomic E-state index is 13.2. The van der Waals surface area contributed by atoms with Crippen molar-refractivity contribution in [1.82, 2.24) is 5.32 Å². The number of hydrogen-bond acceptors (Lipinski definition) is 4. The summed E-state index contributed by atoms with van der Waals surface area (Å²) in [6.45, 7) is 1.79. The maximum Gasteiger partial charge on any atom is 0.206 e. The quantitative estimate of drug-likeness (QED) is 0.648. The van der Waals surface area contributed by atoms with E-state index in [0.29, 0.717) is 18.7 Å². The fraction of sp³-hybridized carbons (Fsp3) is 0.400. The molecule has 1 heterocycles. The first-order valence-corrected chi connectivity index (χ1v) is 4.73. The molecule has 2 rings (SSSR count). The van der Waals surface area contributed by atoms with Crippen LogP contribution in [0, 0.1) is 5.82 Å². The molecular formula is C10H12FNO3. The van der Waals surface area contributed by atoms with E-state index in [9.17, 15) is 9.50 Å². The number of benzene rings is 1. The molecule has 0 aromatic heterocycles. The molecule has 1 fully saturated rings. The zero-order chi connectivity index (χ0) is 10.8. The number of rotatable bonds is 1. The van der Waals surface area contributed by atoms with Crippen LogP contribution in [0.5, 0.6) is 11.5 Å². The van der Waals surface area contributed by atoms with Gasteiger partial charge in [-0.05, 0) is 12.1 Å². The van der Waals surface area contributed by atoms with Crippen molar-refractivity contribution < 1.29 is 19.3 Å². The van der Waals surface area contributed by atoms with Gasteiger partial charge in [-0.1, -0.05) is 0 Å². The Hall–Kier alpha value is -1.33. The molecule has 3 N–H and O–H groups in total. The van der Waals surface area contributed by atoms with E-state index in [1.54, 1.807) is 0 Å². The summed E-state index contributed by atoms with van der Waals surface area (Å²) >= 11 is 0. The van der Waals surface area contributed by atoms with E-state index in [1.807, 2.05) is 0 Å². The predicted octanol–water partition coefficient (Wildman–Crippen LogP) is 0.898. The van der Waals surface area contributed by atoms with Gasteiger partial charge in [-0.15, -0.1) is 0 Å². The topological polar surface area (TPSA) is 61.7 Å². The van der Waals surface area contributed by atoms with Gasteiger partial charge in [-0.3, -0.25) is 0 Å². The average molecular weight is 213 g/mol. The predicted molar refractivity (Wildman–Crippen MR) is 51.3 cm³/mol. The number of morpholine rings is 1. The number of hydrogen-bond donors (Lipinski definition) is 3. The zero-order valence-electron chi connectivity index (χ0n) is 8.03. The molecule has 0 amide bonds. The van der Waals surface area contributed by atoms with Gasteiger partial charge in [0, 0.05) is 18.7 Å². The van der Waals surface area contributed by atoms with E-state index in [1.165, 1.54) is 12.1 Å².